The van der Waals surface area contributed by atoms with Gasteiger partial charge < -0.3 is 20.3 Å². The fourth-order valence-electron chi connectivity index (χ4n) is 2.33. The topological polar surface area (TPSA) is 88.6 Å². The minimum absolute atomic E-state index is 0.00357. The molecule has 1 saturated heterocycles. The average molecular weight is 265 g/mol. The number of anilines is 1. The first-order valence-corrected chi connectivity index (χ1v) is 6.39. The largest absolute Gasteiger partial charge is 0.398 e. The summed E-state index contributed by atoms with van der Waals surface area (Å²) in [6.45, 7) is 2.91. The molecule has 2 rings (SSSR count). The third kappa shape index (κ3) is 3.14. The van der Waals surface area contributed by atoms with Gasteiger partial charge in [0.1, 0.15) is 6.54 Å². The number of nitrogens with two attached hydrogens (primary N) is 1. The lowest BCUT2D eigenvalue weighted by atomic mass is 10.0. The molecule has 19 heavy (non-hydrogen) atoms. The number of hydrogen-bond donors (Lipinski definition) is 2. The first kappa shape index (κ1) is 13.6. The zero-order valence-corrected chi connectivity index (χ0v) is 11.0. The van der Waals surface area contributed by atoms with Gasteiger partial charge in [0.25, 0.3) is 5.56 Å². The number of amides is 1. The van der Waals surface area contributed by atoms with Gasteiger partial charge in [-0.3, -0.25) is 9.59 Å². The summed E-state index contributed by atoms with van der Waals surface area (Å²) in [4.78, 5) is 25.4. The van der Waals surface area contributed by atoms with E-state index in [1.807, 2.05) is 0 Å². The fraction of sp³-hybridized carbons (Fsp3) is 0.538. The lowest BCUT2D eigenvalue weighted by Gasteiger charge is -2.18. The second-order valence-corrected chi connectivity index (χ2v) is 5.06. The molecular formula is C13H19N3O3. The number of rotatable bonds is 3. The molecule has 1 aliphatic heterocycles. The van der Waals surface area contributed by atoms with Gasteiger partial charge in [0.15, 0.2) is 0 Å². The van der Waals surface area contributed by atoms with Crippen LogP contribution >= 0.6 is 0 Å². The SMILES string of the molecule is CC(O)C1CCN(C(=O)Cn2cc(N)ccc2=O)C1. The van der Waals surface area contributed by atoms with Crippen molar-refractivity contribution in [2.45, 2.75) is 26.0 Å². The molecule has 6 nitrogen and oxygen atoms in total. The van der Waals surface area contributed by atoms with Crippen LogP contribution in [0.5, 0.6) is 0 Å². The van der Waals surface area contributed by atoms with Crippen LogP contribution in [0.25, 0.3) is 0 Å². The summed E-state index contributed by atoms with van der Waals surface area (Å²) in [5, 5.41) is 9.51. The lowest BCUT2D eigenvalue weighted by molar-refractivity contribution is -0.131. The van der Waals surface area contributed by atoms with E-state index in [1.54, 1.807) is 11.8 Å². The van der Waals surface area contributed by atoms with Gasteiger partial charge in [0.05, 0.1) is 6.10 Å². The second kappa shape index (κ2) is 5.44. The van der Waals surface area contributed by atoms with E-state index in [1.165, 1.54) is 22.9 Å². The Labute approximate surface area is 111 Å². The molecule has 104 valence electrons. The maximum absolute atomic E-state index is 12.1. The number of aliphatic hydroxyl groups is 1. The lowest BCUT2D eigenvalue weighted by Crippen LogP contribution is -2.35. The quantitative estimate of drug-likeness (QED) is 0.782. The van der Waals surface area contributed by atoms with Gasteiger partial charge in [-0.1, -0.05) is 0 Å². The van der Waals surface area contributed by atoms with Crippen molar-refractivity contribution in [1.29, 1.82) is 0 Å². The molecule has 0 bridgehead atoms. The number of hydrogen-bond acceptors (Lipinski definition) is 4. The summed E-state index contributed by atoms with van der Waals surface area (Å²) >= 11 is 0. The maximum Gasteiger partial charge on any atom is 0.251 e. The zero-order chi connectivity index (χ0) is 14.0. The fourth-order valence-corrected chi connectivity index (χ4v) is 2.33. The van der Waals surface area contributed by atoms with Crippen molar-refractivity contribution >= 4 is 11.6 Å². The molecule has 1 amide bonds. The van der Waals surface area contributed by atoms with E-state index in [9.17, 15) is 14.7 Å². The molecule has 3 N–H and O–H groups in total. The Bertz CT molecular complexity index is 524. The highest BCUT2D eigenvalue weighted by molar-refractivity contribution is 5.76. The molecule has 1 aromatic heterocycles. The molecule has 0 radical (unpaired) electrons. The van der Waals surface area contributed by atoms with Crippen molar-refractivity contribution in [2.75, 3.05) is 18.8 Å². The Morgan fingerprint density at radius 3 is 2.95 bits per heavy atom. The standard InChI is InChI=1S/C13H19N3O3/c1-9(17)10-4-5-15(6-10)13(19)8-16-7-11(14)2-3-12(16)18/h2-3,7,9-10,17H,4-6,8,14H2,1H3. The van der Waals surface area contributed by atoms with Crippen molar-refractivity contribution in [2.24, 2.45) is 5.92 Å². The molecule has 1 aliphatic rings. The first-order chi connectivity index (χ1) is 8.97. The number of nitrogens with zero attached hydrogens (tertiary/aromatic N) is 2. The normalized spacial score (nSPS) is 20.5. The van der Waals surface area contributed by atoms with Crippen LogP contribution in [-0.4, -0.2) is 39.7 Å². The Balaban J connectivity index is 2.02. The molecule has 2 unspecified atom stereocenters. The van der Waals surface area contributed by atoms with E-state index in [0.29, 0.717) is 18.8 Å². The highest BCUT2D eigenvalue weighted by atomic mass is 16.3. The summed E-state index contributed by atoms with van der Waals surface area (Å²) < 4.78 is 1.31. The summed E-state index contributed by atoms with van der Waals surface area (Å²) in [7, 11) is 0. The molecule has 6 heteroatoms. The van der Waals surface area contributed by atoms with Crippen molar-refractivity contribution in [3.63, 3.8) is 0 Å². The van der Waals surface area contributed by atoms with E-state index in [4.69, 9.17) is 5.73 Å². The van der Waals surface area contributed by atoms with Crippen molar-refractivity contribution in [3.05, 3.63) is 28.7 Å². The number of likely N-dealkylation sites (tertiary alicyclic amines) is 1. The monoisotopic (exact) mass is 265 g/mol. The Kier molecular flexibility index (Phi) is 3.90. The first-order valence-electron chi connectivity index (χ1n) is 6.39. The Morgan fingerprint density at radius 1 is 1.58 bits per heavy atom. The predicted molar refractivity (Wildman–Crippen MR) is 71.5 cm³/mol. The minimum Gasteiger partial charge on any atom is -0.398 e. The van der Waals surface area contributed by atoms with Gasteiger partial charge in [-0.2, -0.15) is 0 Å². The summed E-state index contributed by atoms with van der Waals surface area (Å²) in [6.07, 6.45) is 1.87. The molecule has 1 fully saturated rings. The third-order valence-corrected chi connectivity index (χ3v) is 3.57. The highest BCUT2D eigenvalue weighted by Gasteiger charge is 2.28. The summed E-state index contributed by atoms with van der Waals surface area (Å²) in [5.41, 5.74) is 5.81. The summed E-state index contributed by atoms with van der Waals surface area (Å²) in [6, 6.07) is 2.87. The predicted octanol–water partition coefficient (Wildman–Crippen LogP) is -0.340. The van der Waals surface area contributed by atoms with Gasteiger partial charge in [0.2, 0.25) is 5.91 Å². The number of aliphatic hydroxyl groups excluding tert-OH is 1. The van der Waals surface area contributed by atoms with Gasteiger partial charge in [-0.15, -0.1) is 0 Å². The van der Waals surface area contributed by atoms with Crippen LogP contribution in [0.15, 0.2) is 23.1 Å². The van der Waals surface area contributed by atoms with Gasteiger partial charge in [0, 0.05) is 37.0 Å². The van der Waals surface area contributed by atoms with Crippen LogP contribution in [0.1, 0.15) is 13.3 Å². The molecule has 0 saturated carbocycles. The highest BCUT2D eigenvalue weighted by Crippen LogP contribution is 2.19. The number of pyridine rings is 1. The molecule has 0 spiro atoms. The molecular weight excluding hydrogens is 246 g/mol. The second-order valence-electron chi connectivity index (χ2n) is 5.06. The molecule has 2 heterocycles. The zero-order valence-electron chi connectivity index (χ0n) is 11.0. The van der Waals surface area contributed by atoms with Crippen LogP contribution < -0.4 is 11.3 Å². The van der Waals surface area contributed by atoms with Crippen LogP contribution in [0, 0.1) is 5.92 Å². The van der Waals surface area contributed by atoms with E-state index in [-0.39, 0.29) is 23.9 Å². The number of carbonyl (C=O) groups excluding carboxylic acids is 1. The van der Waals surface area contributed by atoms with Crippen molar-refractivity contribution in [3.8, 4) is 0 Å². The number of aromatic nitrogens is 1. The van der Waals surface area contributed by atoms with Crippen LogP contribution in [0.4, 0.5) is 5.69 Å². The van der Waals surface area contributed by atoms with E-state index < -0.39 is 6.10 Å². The number of nitrogen functional groups attached to an aromatic ring is 1. The van der Waals surface area contributed by atoms with Crippen molar-refractivity contribution < 1.29 is 9.90 Å². The Morgan fingerprint density at radius 2 is 2.32 bits per heavy atom. The smallest absolute Gasteiger partial charge is 0.251 e. The van der Waals surface area contributed by atoms with E-state index in [0.717, 1.165) is 6.42 Å². The van der Waals surface area contributed by atoms with Gasteiger partial charge >= 0.3 is 0 Å². The molecule has 2 atom stereocenters. The van der Waals surface area contributed by atoms with Gasteiger partial charge in [-0.25, -0.2) is 0 Å². The van der Waals surface area contributed by atoms with Crippen molar-refractivity contribution in [1.82, 2.24) is 9.47 Å². The van der Waals surface area contributed by atoms with Gasteiger partial charge in [-0.05, 0) is 19.4 Å². The van der Waals surface area contributed by atoms with E-state index >= 15 is 0 Å². The van der Waals surface area contributed by atoms with Crippen LogP contribution in [-0.2, 0) is 11.3 Å². The summed E-state index contributed by atoms with van der Waals surface area (Å²) in [5.74, 6) is 0.0114. The Hall–Kier alpha value is -1.82. The molecule has 0 aromatic carbocycles. The number of carbonyl (C=O) groups is 1. The average Bonchev–Trinajstić information content (AvgIpc) is 2.83. The van der Waals surface area contributed by atoms with Crippen LogP contribution in [0.2, 0.25) is 0 Å². The third-order valence-electron chi connectivity index (χ3n) is 3.57. The van der Waals surface area contributed by atoms with Crippen LogP contribution in [0.3, 0.4) is 0 Å². The van der Waals surface area contributed by atoms with E-state index in [2.05, 4.69) is 0 Å². The minimum atomic E-state index is -0.409. The maximum atomic E-state index is 12.1. The molecule has 0 aliphatic carbocycles. The molecule has 1 aromatic rings.